The fourth-order valence-corrected chi connectivity index (χ4v) is 3.71. The Hall–Kier alpha value is -2.99. The first-order valence-corrected chi connectivity index (χ1v) is 9.35. The van der Waals surface area contributed by atoms with E-state index in [0.29, 0.717) is 12.1 Å². The molecule has 0 amide bonds. The maximum absolute atomic E-state index is 11.9. The number of carbonyl (C=O) groups is 2. The molecule has 0 aromatic heterocycles. The van der Waals surface area contributed by atoms with Crippen LogP contribution in [0.1, 0.15) is 30.0 Å². The van der Waals surface area contributed by atoms with Gasteiger partial charge in [-0.05, 0) is 36.1 Å². The molecule has 1 heterocycles. The van der Waals surface area contributed by atoms with Gasteiger partial charge in [-0.15, -0.1) is 0 Å². The highest BCUT2D eigenvalue weighted by molar-refractivity contribution is 5.95. The van der Waals surface area contributed by atoms with Crippen LogP contribution in [0.3, 0.4) is 0 Å². The number of piperidine rings is 1. The molecule has 2 atom stereocenters. The Morgan fingerprint density at radius 3 is 2.32 bits per heavy atom. The van der Waals surface area contributed by atoms with Crippen LogP contribution < -0.4 is 5.73 Å². The fraction of sp³-hybridized carbons (Fsp3) is 0.318. The topological polar surface area (TPSA) is 96.5 Å². The molecule has 0 radical (unpaired) electrons. The molecule has 6 nitrogen and oxygen atoms in total. The number of nitrogens with zero attached hydrogens (tertiary/aromatic N) is 1. The van der Waals surface area contributed by atoms with E-state index in [-0.39, 0.29) is 23.8 Å². The van der Waals surface area contributed by atoms with E-state index in [0.717, 1.165) is 42.4 Å². The van der Waals surface area contributed by atoms with Crippen LogP contribution in [0.15, 0.2) is 48.5 Å². The zero-order chi connectivity index (χ0) is 20.1. The summed E-state index contributed by atoms with van der Waals surface area (Å²) in [5.41, 5.74) is 9.13. The van der Waals surface area contributed by atoms with E-state index in [4.69, 9.17) is 15.9 Å². The van der Waals surface area contributed by atoms with Gasteiger partial charge in [0.15, 0.2) is 0 Å². The van der Waals surface area contributed by atoms with Crippen LogP contribution in [0.25, 0.3) is 11.1 Å². The molecule has 0 bridgehead atoms. The van der Waals surface area contributed by atoms with Gasteiger partial charge in [0.05, 0.1) is 19.1 Å². The van der Waals surface area contributed by atoms with Crippen molar-refractivity contribution in [2.75, 3.05) is 20.2 Å². The summed E-state index contributed by atoms with van der Waals surface area (Å²) in [5.74, 6) is -0.346. The molecule has 1 aliphatic heterocycles. The fourth-order valence-electron chi connectivity index (χ4n) is 3.71. The van der Waals surface area contributed by atoms with Crippen LogP contribution in [0, 0.1) is 11.3 Å². The number of likely N-dealkylation sites (tertiary alicyclic amines) is 1. The maximum Gasteiger partial charge on any atom is 0.309 e. The molecule has 2 aromatic rings. The number of ether oxygens (including phenoxy) is 1. The lowest BCUT2D eigenvalue weighted by molar-refractivity contribution is -0.148. The highest BCUT2D eigenvalue weighted by atomic mass is 16.5. The van der Waals surface area contributed by atoms with Gasteiger partial charge >= 0.3 is 5.97 Å². The lowest BCUT2D eigenvalue weighted by atomic mass is 9.94. The second kappa shape index (κ2) is 8.80. The zero-order valence-corrected chi connectivity index (χ0v) is 15.9. The number of hydrogen-bond donors (Lipinski definition) is 2. The number of rotatable bonds is 6. The van der Waals surface area contributed by atoms with E-state index in [1.54, 1.807) is 0 Å². The molecule has 1 fully saturated rings. The SMILES string of the molecule is COC(=O)C1CCCN(C(C=O)c2ccc(-c3ccc(C(=N)N)cc3)cc2)C1. The third kappa shape index (κ3) is 4.28. The molecule has 1 aliphatic rings. The van der Waals surface area contributed by atoms with Gasteiger partial charge < -0.3 is 15.3 Å². The molecular weight excluding hydrogens is 354 g/mol. The second-order valence-electron chi connectivity index (χ2n) is 7.05. The van der Waals surface area contributed by atoms with Gasteiger partial charge in [-0.3, -0.25) is 15.1 Å². The molecule has 2 aromatic carbocycles. The summed E-state index contributed by atoms with van der Waals surface area (Å²) in [7, 11) is 1.40. The number of carbonyl (C=O) groups excluding carboxylic acids is 2. The maximum atomic E-state index is 11.9. The first-order valence-electron chi connectivity index (χ1n) is 9.35. The predicted octanol–water partition coefficient (Wildman–Crippen LogP) is 2.76. The number of nitrogens with one attached hydrogen (secondary N) is 1. The van der Waals surface area contributed by atoms with Gasteiger partial charge in [-0.1, -0.05) is 48.5 Å². The molecule has 28 heavy (non-hydrogen) atoms. The molecule has 0 saturated carbocycles. The number of nitrogen functional groups attached to an aromatic ring is 1. The Morgan fingerprint density at radius 1 is 1.18 bits per heavy atom. The molecule has 6 heteroatoms. The normalized spacial score (nSPS) is 18.2. The third-order valence-corrected chi connectivity index (χ3v) is 5.29. The third-order valence-electron chi connectivity index (χ3n) is 5.29. The van der Waals surface area contributed by atoms with E-state index in [1.165, 1.54) is 7.11 Å². The number of esters is 1. The highest BCUT2D eigenvalue weighted by Crippen LogP contribution is 2.28. The van der Waals surface area contributed by atoms with E-state index < -0.39 is 0 Å². The van der Waals surface area contributed by atoms with Gasteiger partial charge in [0, 0.05) is 12.1 Å². The van der Waals surface area contributed by atoms with Gasteiger partial charge in [0.25, 0.3) is 0 Å². The Morgan fingerprint density at radius 2 is 1.79 bits per heavy atom. The summed E-state index contributed by atoms with van der Waals surface area (Å²) >= 11 is 0. The first kappa shape index (κ1) is 19.8. The van der Waals surface area contributed by atoms with Crippen molar-refractivity contribution in [3.05, 3.63) is 59.7 Å². The average molecular weight is 379 g/mol. The Kier molecular flexibility index (Phi) is 6.21. The monoisotopic (exact) mass is 379 g/mol. The van der Waals surface area contributed by atoms with E-state index >= 15 is 0 Å². The minimum atomic E-state index is -0.374. The molecular formula is C22H25N3O3. The summed E-state index contributed by atoms with van der Waals surface area (Å²) in [6, 6.07) is 15.0. The Bertz CT molecular complexity index is 846. The summed E-state index contributed by atoms with van der Waals surface area (Å²) in [5, 5.41) is 7.47. The smallest absolute Gasteiger partial charge is 0.309 e. The summed E-state index contributed by atoms with van der Waals surface area (Å²) in [6.45, 7) is 1.31. The zero-order valence-electron chi connectivity index (χ0n) is 15.9. The second-order valence-corrected chi connectivity index (χ2v) is 7.05. The van der Waals surface area contributed by atoms with Crippen molar-refractivity contribution in [2.24, 2.45) is 11.7 Å². The number of amidine groups is 1. The number of nitrogens with two attached hydrogens (primary N) is 1. The first-order chi connectivity index (χ1) is 13.5. The van der Waals surface area contributed by atoms with E-state index in [1.807, 2.05) is 48.5 Å². The van der Waals surface area contributed by atoms with Crippen molar-refractivity contribution in [1.82, 2.24) is 4.90 Å². The van der Waals surface area contributed by atoms with Crippen molar-refractivity contribution in [3.63, 3.8) is 0 Å². The predicted molar refractivity (Wildman–Crippen MR) is 108 cm³/mol. The molecule has 1 saturated heterocycles. The van der Waals surface area contributed by atoms with Crippen molar-refractivity contribution in [3.8, 4) is 11.1 Å². The van der Waals surface area contributed by atoms with Gasteiger partial charge in [-0.2, -0.15) is 0 Å². The highest BCUT2D eigenvalue weighted by Gasteiger charge is 2.30. The minimum absolute atomic E-state index is 0.0440. The van der Waals surface area contributed by atoms with Crippen molar-refractivity contribution in [1.29, 1.82) is 5.41 Å². The Labute approximate surface area is 164 Å². The number of aldehydes is 1. The molecule has 2 unspecified atom stereocenters. The molecule has 146 valence electrons. The molecule has 0 aliphatic carbocycles. The number of benzene rings is 2. The van der Waals surface area contributed by atoms with Crippen molar-refractivity contribution < 1.29 is 14.3 Å². The number of hydrogen-bond acceptors (Lipinski definition) is 5. The average Bonchev–Trinajstić information content (AvgIpc) is 2.74. The standard InChI is InChI=1S/C22H25N3O3/c1-28-22(27)19-3-2-12-25(13-19)20(14-26)17-8-4-15(5-9-17)16-6-10-18(11-7-16)21(23)24/h4-11,14,19-20H,2-3,12-13H2,1H3,(H3,23,24). The van der Waals surface area contributed by atoms with Crippen LogP contribution in [0.2, 0.25) is 0 Å². The summed E-state index contributed by atoms with van der Waals surface area (Å²) in [6.07, 6.45) is 2.60. The van der Waals surface area contributed by atoms with Gasteiger partial charge in [0.2, 0.25) is 0 Å². The molecule has 3 rings (SSSR count). The van der Waals surface area contributed by atoms with Crippen LogP contribution >= 0.6 is 0 Å². The van der Waals surface area contributed by atoms with Crippen molar-refractivity contribution in [2.45, 2.75) is 18.9 Å². The van der Waals surface area contributed by atoms with Crippen LogP contribution in [0.5, 0.6) is 0 Å². The Balaban J connectivity index is 1.76. The van der Waals surface area contributed by atoms with E-state index in [9.17, 15) is 9.59 Å². The number of methoxy groups -OCH3 is 1. The van der Waals surface area contributed by atoms with Gasteiger partial charge in [0.1, 0.15) is 12.1 Å². The molecule has 0 spiro atoms. The van der Waals surface area contributed by atoms with Crippen molar-refractivity contribution >= 4 is 18.1 Å². The molecule has 3 N–H and O–H groups in total. The quantitative estimate of drug-likeness (QED) is 0.348. The lowest BCUT2D eigenvalue weighted by Gasteiger charge is -2.35. The van der Waals surface area contributed by atoms with Gasteiger partial charge in [-0.25, -0.2) is 0 Å². The summed E-state index contributed by atoms with van der Waals surface area (Å²) < 4.78 is 4.87. The van der Waals surface area contributed by atoms with Crippen LogP contribution in [-0.4, -0.2) is 43.2 Å². The van der Waals surface area contributed by atoms with Crippen LogP contribution in [0.4, 0.5) is 0 Å². The van der Waals surface area contributed by atoms with E-state index in [2.05, 4.69) is 4.90 Å². The lowest BCUT2D eigenvalue weighted by Crippen LogP contribution is -2.41. The minimum Gasteiger partial charge on any atom is -0.469 e. The van der Waals surface area contributed by atoms with Crippen LogP contribution in [-0.2, 0) is 14.3 Å². The largest absolute Gasteiger partial charge is 0.469 e. The summed E-state index contributed by atoms with van der Waals surface area (Å²) in [4.78, 5) is 25.7.